The number of fused-ring (bicyclic) bond motifs is 1. The second-order valence-corrected chi connectivity index (χ2v) is 11.2. The van der Waals surface area contributed by atoms with Gasteiger partial charge in [-0.25, -0.2) is 19.0 Å². The van der Waals surface area contributed by atoms with E-state index in [-0.39, 0.29) is 6.61 Å². The number of anilines is 3. The number of urea groups is 1. The fourth-order valence-electron chi connectivity index (χ4n) is 4.52. The van der Waals surface area contributed by atoms with Crippen molar-refractivity contribution in [3.63, 3.8) is 0 Å². The number of nitrogen functional groups attached to an aromatic ring is 1. The van der Waals surface area contributed by atoms with Crippen LogP contribution in [0.3, 0.4) is 0 Å². The number of rotatable bonds is 11. The van der Waals surface area contributed by atoms with Crippen molar-refractivity contribution in [2.24, 2.45) is 0 Å². The summed E-state index contributed by atoms with van der Waals surface area (Å²) in [5, 5.41) is 55.5. The number of nitrogens with two attached hydrogens (primary N) is 1. The Kier molecular flexibility index (Phi) is 11.0. The lowest BCUT2D eigenvalue weighted by molar-refractivity contribution is -0.170. The minimum absolute atomic E-state index is 0.0109. The molecule has 3 aromatic heterocycles. The highest BCUT2D eigenvalue weighted by Crippen LogP contribution is 2.41. The summed E-state index contributed by atoms with van der Waals surface area (Å²) in [5.74, 6) is -5.01. The number of carbonyl (C=O) groups excluding carboxylic acids is 1. The fourth-order valence-corrected chi connectivity index (χ4v) is 5.64. The van der Waals surface area contributed by atoms with Gasteiger partial charge in [-0.1, -0.05) is 18.2 Å². The van der Waals surface area contributed by atoms with Gasteiger partial charge in [-0.15, -0.1) is 11.3 Å². The summed E-state index contributed by atoms with van der Waals surface area (Å²) >= 11 is 1.57. The third-order valence-electron chi connectivity index (χ3n) is 6.72. The van der Waals surface area contributed by atoms with Gasteiger partial charge >= 0.3 is 23.9 Å². The molecule has 15 nitrogen and oxygen atoms in total. The van der Waals surface area contributed by atoms with Crippen LogP contribution < -0.4 is 16.4 Å². The van der Waals surface area contributed by atoms with E-state index in [4.69, 9.17) is 31.3 Å². The number of halogens is 1. The number of aliphatic hydroxyl groups is 2. The van der Waals surface area contributed by atoms with Gasteiger partial charge in [-0.2, -0.15) is 5.10 Å². The second kappa shape index (κ2) is 15.1. The van der Waals surface area contributed by atoms with Crippen molar-refractivity contribution in [3.8, 4) is 22.3 Å². The number of hydrogen-bond acceptors (Lipinski definition) is 10. The van der Waals surface area contributed by atoms with Gasteiger partial charge in [0.15, 0.2) is 5.60 Å². The number of thiophene rings is 1. The standard InChI is InChI=1S/C25H21FN6O2S.C6H8O7/c26-17-2-1-3-19(10-17)31-25(34)30-18-6-4-15(5-7-18)21-14-35-23-20(12-28-24(27)22(21)23)16-11-29-32(13-16)8-9-33;7-3(8)1-6(13,5(11)12)2-4(9)10/h1-7,10-14,33H,8-9H2,(H2,27,28)(H2,30,31,34);13H,1-2H2,(H,7,8)(H,9,10)(H,11,12). The molecule has 0 aliphatic rings. The van der Waals surface area contributed by atoms with E-state index in [0.29, 0.717) is 23.7 Å². The highest BCUT2D eigenvalue weighted by molar-refractivity contribution is 7.18. The van der Waals surface area contributed by atoms with Gasteiger partial charge in [0.2, 0.25) is 0 Å². The van der Waals surface area contributed by atoms with E-state index < -0.39 is 48.2 Å². The number of carbonyl (C=O) groups is 4. The molecule has 0 fully saturated rings. The van der Waals surface area contributed by atoms with Gasteiger partial charge in [-0.3, -0.25) is 14.3 Å². The number of aliphatic carboxylic acids is 3. The van der Waals surface area contributed by atoms with Gasteiger partial charge in [0.1, 0.15) is 11.6 Å². The molecule has 250 valence electrons. The Hall–Kier alpha value is -5.91. The Morgan fingerprint density at radius 3 is 2.19 bits per heavy atom. The quantitative estimate of drug-likeness (QED) is 0.0988. The van der Waals surface area contributed by atoms with Gasteiger partial charge in [0.05, 0.1) is 32.2 Å². The van der Waals surface area contributed by atoms with E-state index in [1.807, 2.05) is 23.7 Å². The number of nitrogens with zero attached hydrogens (tertiary/aromatic N) is 3. The van der Waals surface area contributed by atoms with Crippen molar-refractivity contribution in [1.82, 2.24) is 14.8 Å². The highest BCUT2D eigenvalue weighted by Gasteiger charge is 2.40. The first-order valence-corrected chi connectivity index (χ1v) is 14.8. The van der Waals surface area contributed by atoms with Crippen LogP contribution in [0.2, 0.25) is 0 Å². The maximum absolute atomic E-state index is 13.3. The summed E-state index contributed by atoms with van der Waals surface area (Å²) in [5.41, 5.74) is 8.16. The molecule has 0 radical (unpaired) electrons. The number of nitrogens with one attached hydrogen (secondary N) is 2. The Balaban J connectivity index is 0.000000341. The maximum atomic E-state index is 13.3. The van der Waals surface area contributed by atoms with Crippen LogP contribution in [0.4, 0.5) is 26.4 Å². The first kappa shape index (κ1) is 35.0. The summed E-state index contributed by atoms with van der Waals surface area (Å²) in [4.78, 5) is 47.1. The Morgan fingerprint density at radius 1 is 0.917 bits per heavy atom. The van der Waals surface area contributed by atoms with Crippen LogP contribution in [0.1, 0.15) is 12.8 Å². The Labute approximate surface area is 274 Å². The van der Waals surface area contributed by atoms with Crippen molar-refractivity contribution in [2.75, 3.05) is 23.0 Å². The van der Waals surface area contributed by atoms with Gasteiger partial charge in [-0.05, 0) is 41.3 Å². The van der Waals surface area contributed by atoms with Crippen molar-refractivity contribution in [2.45, 2.75) is 25.0 Å². The van der Waals surface area contributed by atoms with Crippen LogP contribution in [0, 0.1) is 5.82 Å². The van der Waals surface area contributed by atoms with Crippen LogP contribution >= 0.6 is 11.3 Å². The zero-order chi connectivity index (χ0) is 35.0. The molecule has 2 amide bonds. The average molecular weight is 681 g/mol. The Morgan fingerprint density at radius 2 is 1.58 bits per heavy atom. The van der Waals surface area contributed by atoms with Crippen LogP contribution in [-0.2, 0) is 20.9 Å². The van der Waals surface area contributed by atoms with Crippen LogP contribution in [0.15, 0.2) is 72.5 Å². The number of aromatic nitrogens is 3. The molecule has 0 bridgehead atoms. The SMILES string of the molecule is Nc1ncc(-c2cnn(CCO)c2)c2scc(-c3ccc(NC(=O)Nc4cccc(F)c4)cc3)c12.O=C(O)CC(O)(CC(=O)O)C(=O)O. The van der Waals surface area contributed by atoms with E-state index in [1.54, 1.807) is 46.6 Å². The lowest BCUT2D eigenvalue weighted by atomic mass is 9.96. The molecule has 0 aliphatic heterocycles. The summed E-state index contributed by atoms with van der Waals surface area (Å²) in [6.45, 7) is 0.429. The first-order chi connectivity index (χ1) is 22.8. The van der Waals surface area contributed by atoms with E-state index in [2.05, 4.69) is 20.7 Å². The molecular weight excluding hydrogens is 651 g/mol. The van der Waals surface area contributed by atoms with Crippen molar-refractivity contribution in [3.05, 3.63) is 78.3 Å². The molecular formula is C31H29FN6O9S. The monoisotopic (exact) mass is 680 g/mol. The summed E-state index contributed by atoms with van der Waals surface area (Å²) in [7, 11) is 0. The molecule has 0 aliphatic carbocycles. The molecule has 9 N–H and O–H groups in total. The molecule has 0 saturated heterocycles. The van der Waals surface area contributed by atoms with Crippen molar-refractivity contribution >= 4 is 62.6 Å². The van der Waals surface area contributed by atoms with E-state index in [0.717, 1.165) is 32.3 Å². The van der Waals surface area contributed by atoms with E-state index >= 15 is 0 Å². The van der Waals surface area contributed by atoms with E-state index in [1.165, 1.54) is 18.2 Å². The molecule has 0 atom stereocenters. The Bertz CT molecular complexity index is 1950. The summed E-state index contributed by atoms with van der Waals surface area (Å²) < 4.78 is 16.0. The number of amides is 2. The average Bonchev–Trinajstić information content (AvgIpc) is 3.66. The molecule has 3 heterocycles. The third-order valence-corrected chi connectivity index (χ3v) is 7.73. The number of aliphatic hydroxyl groups excluding tert-OH is 1. The smallest absolute Gasteiger partial charge is 0.336 e. The van der Waals surface area contributed by atoms with Gasteiger partial charge < -0.3 is 41.9 Å². The normalized spacial score (nSPS) is 11.0. The van der Waals surface area contributed by atoms with Crippen LogP contribution in [0.5, 0.6) is 0 Å². The fraction of sp³-hybridized carbons (Fsp3) is 0.161. The summed E-state index contributed by atoms with van der Waals surface area (Å²) in [6, 6.07) is 12.6. The zero-order valence-electron chi connectivity index (χ0n) is 24.8. The number of hydrogen-bond donors (Lipinski definition) is 8. The number of pyridine rings is 1. The first-order valence-electron chi connectivity index (χ1n) is 13.9. The van der Waals surface area contributed by atoms with Crippen molar-refractivity contribution in [1.29, 1.82) is 0 Å². The van der Waals surface area contributed by atoms with Crippen molar-refractivity contribution < 1.29 is 49.1 Å². The number of carboxylic acid groups (broad SMARTS) is 3. The molecule has 0 spiro atoms. The molecule has 48 heavy (non-hydrogen) atoms. The lowest BCUT2D eigenvalue weighted by Crippen LogP contribution is -2.42. The minimum Gasteiger partial charge on any atom is -0.481 e. The van der Waals surface area contributed by atoms with Crippen LogP contribution in [-0.4, -0.2) is 76.4 Å². The molecule has 2 aromatic carbocycles. The van der Waals surface area contributed by atoms with Gasteiger partial charge in [0.25, 0.3) is 0 Å². The van der Waals surface area contributed by atoms with Gasteiger partial charge in [0, 0.05) is 50.5 Å². The largest absolute Gasteiger partial charge is 0.481 e. The predicted molar refractivity (Wildman–Crippen MR) is 174 cm³/mol. The number of benzene rings is 2. The summed E-state index contributed by atoms with van der Waals surface area (Å²) in [6.07, 6.45) is 3.07. The molecule has 17 heteroatoms. The molecule has 5 aromatic rings. The second-order valence-electron chi connectivity index (χ2n) is 10.3. The van der Waals surface area contributed by atoms with Crippen LogP contribution in [0.25, 0.3) is 32.3 Å². The number of carboxylic acids is 3. The molecule has 0 saturated carbocycles. The maximum Gasteiger partial charge on any atom is 0.336 e. The molecule has 5 rings (SSSR count). The lowest BCUT2D eigenvalue weighted by Gasteiger charge is -2.18. The van der Waals surface area contributed by atoms with E-state index in [9.17, 15) is 23.6 Å². The molecule has 0 unspecified atom stereocenters. The minimum atomic E-state index is -2.74. The predicted octanol–water partition coefficient (Wildman–Crippen LogP) is 3.94. The zero-order valence-corrected chi connectivity index (χ0v) is 25.6. The third kappa shape index (κ3) is 8.66. The highest BCUT2D eigenvalue weighted by atomic mass is 32.1. The topological polar surface area (TPSA) is 250 Å².